The van der Waals surface area contributed by atoms with E-state index in [4.69, 9.17) is 29.4 Å². The molecule has 0 aromatic heterocycles. The van der Waals surface area contributed by atoms with Crippen molar-refractivity contribution >= 4 is 37.1 Å². The first-order chi connectivity index (χ1) is 16.4. The van der Waals surface area contributed by atoms with Crippen LogP contribution in [0.15, 0.2) is 0 Å². The average Bonchev–Trinajstić information content (AvgIpc) is 2.72. The minimum absolute atomic E-state index is 0.380. The van der Waals surface area contributed by atoms with Crippen molar-refractivity contribution in [3.63, 3.8) is 0 Å². The van der Waals surface area contributed by atoms with Crippen molar-refractivity contribution < 1.29 is 47.9 Å². The summed E-state index contributed by atoms with van der Waals surface area (Å²) in [4.78, 5) is 48.6. The van der Waals surface area contributed by atoms with Crippen molar-refractivity contribution in [3.8, 4) is 0 Å². The van der Waals surface area contributed by atoms with Crippen molar-refractivity contribution in [2.75, 3.05) is 0 Å². The summed E-state index contributed by atoms with van der Waals surface area (Å²) in [5.74, 6) is 0. The molecular formula is C24H56MoO6P2S2. The molecule has 0 fully saturated rings. The zero-order valence-corrected chi connectivity index (χ0v) is 27.8. The summed E-state index contributed by atoms with van der Waals surface area (Å²) in [5, 5.41) is 0. The van der Waals surface area contributed by atoms with E-state index >= 15 is 0 Å². The third-order valence-electron chi connectivity index (χ3n) is 5.28. The Morgan fingerprint density at radius 2 is 0.571 bits per heavy atom. The molecule has 11 heteroatoms. The minimum atomic E-state index is -3.81. The molecule has 35 heavy (non-hydrogen) atoms. The molecule has 0 radical (unpaired) electrons. The molecule has 0 atom stereocenters. The molecule has 0 saturated heterocycles. The van der Waals surface area contributed by atoms with Crippen LogP contribution in [0.5, 0.6) is 0 Å². The van der Waals surface area contributed by atoms with Crippen LogP contribution in [0.2, 0.25) is 9.62 Å². The summed E-state index contributed by atoms with van der Waals surface area (Å²) in [7, 11) is 0. The molecule has 0 aliphatic heterocycles. The fourth-order valence-electron chi connectivity index (χ4n) is 3.49. The maximum absolute atomic E-state index is 7.56. The van der Waals surface area contributed by atoms with Gasteiger partial charge < -0.3 is 29.4 Å². The molecule has 0 rings (SSSR count). The van der Waals surface area contributed by atoms with Gasteiger partial charge in [0, 0.05) is 0 Å². The Hall–Kier alpha value is 1.75. The molecule has 0 unspecified atom stereocenters. The van der Waals surface area contributed by atoms with Crippen molar-refractivity contribution in [2.45, 2.75) is 152 Å². The second-order valence-corrected chi connectivity index (χ2v) is 17.0. The Kier molecular flexibility index (Phi) is 37.7. The van der Waals surface area contributed by atoms with Gasteiger partial charge >= 0.3 is 184 Å². The van der Waals surface area contributed by atoms with E-state index in [1.165, 1.54) is 116 Å². The summed E-state index contributed by atoms with van der Waals surface area (Å²) in [6, 6.07) is 0. The van der Waals surface area contributed by atoms with E-state index < -0.39 is 13.4 Å². The fraction of sp³-hybridized carbons (Fsp3) is 1.00. The van der Waals surface area contributed by atoms with Crippen LogP contribution < -0.4 is 0 Å². The van der Waals surface area contributed by atoms with Crippen molar-refractivity contribution in [2.24, 2.45) is 0 Å². The van der Waals surface area contributed by atoms with Crippen molar-refractivity contribution in [1.29, 1.82) is 0 Å². The Balaban J connectivity index is -0.000000853. The first kappa shape index (κ1) is 41.2. The first-order valence-corrected chi connectivity index (χ1v) is 21.7. The molecule has 0 saturated carbocycles. The van der Waals surface area contributed by atoms with Crippen LogP contribution in [0.3, 0.4) is 0 Å². The molecule has 0 bridgehead atoms. The van der Waals surface area contributed by atoms with E-state index in [0.717, 1.165) is 0 Å². The summed E-state index contributed by atoms with van der Waals surface area (Å²) in [6.45, 7) is -3.00. The van der Waals surface area contributed by atoms with Gasteiger partial charge in [-0.2, -0.15) is 0 Å². The third-order valence-corrected chi connectivity index (χ3v) is 8.12. The van der Waals surface area contributed by atoms with Gasteiger partial charge in [0.25, 0.3) is 0 Å². The van der Waals surface area contributed by atoms with Gasteiger partial charge in [-0.1, -0.05) is 0 Å². The molecule has 0 heterocycles. The normalized spacial score (nSPS) is 11.4. The van der Waals surface area contributed by atoms with Crippen LogP contribution in [-0.2, 0) is 42.2 Å². The Morgan fingerprint density at radius 1 is 0.400 bits per heavy atom. The SMILES string of the molecule is CCCCCCCCCCC[CH2][Mo][CH2]CCCCCCCCCCC.OP(O)(O)=S.OP(O)(O)=S. The Labute approximate surface area is 235 Å². The second-order valence-electron chi connectivity index (χ2n) is 9.00. The second kappa shape index (κ2) is 32.0. The monoisotopic (exact) mass is 664 g/mol. The van der Waals surface area contributed by atoms with Gasteiger partial charge in [0.15, 0.2) is 0 Å². The number of rotatable bonds is 22. The van der Waals surface area contributed by atoms with E-state index in [-0.39, 0.29) is 0 Å². The summed E-state index contributed by atoms with van der Waals surface area (Å²) >= 11 is 7.59. The first-order valence-electron chi connectivity index (χ1n) is 13.6. The minimum Gasteiger partial charge on any atom is -0.325 e. The van der Waals surface area contributed by atoms with E-state index in [2.05, 4.69) is 37.5 Å². The van der Waals surface area contributed by atoms with Gasteiger partial charge in [0.1, 0.15) is 0 Å². The number of hydrogen-bond donors (Lipinski definition) is 6. The third kappa shape index (κ3) is 72.2. The van der Waals surface area contributed by atoms with Crippen LogP contribution in [-0.4, -0.2) is 29.4 Å². The molecular weight excluding hydrogens is 606 g/mol. The maximum atomic E-state index is 7.56. The van der Waals surface area contributed by atoms with Crippen LogP contribution >= 0.6 is 13.4 Å². The van der Waals surface area contributed by atoms with Gasteiger partial charge in [-0.25, -0.2) is 0 Å². The van der Waals surface area contributed by atoms with Crippen LogP contribution in [0.25, 0.3) is 0 Å². The van der Waals surface area contributed by atoms with Crippen molar-refractivity contribution in [1.82, 2.24) is 0 Å². The zero-order chi connectivity index (χ0) is 27.3. The van der Waals surface area contributed by atoms with Gasteiger partial charge in [0.2, 0.25) is 0 Å². The molecule has 216 valence electrons. The molecule has 0 aliphatic rings. The standard InChI is InChI=1S/2C12H25.Mo.2H3O3PS/c2*1-3-5-7-9-11-12-10-8-6-4-2;;2*1-4(2,3)5/h2*1,3-12H2,2H3;;2*(H3,1,2,3,5). The van der Waals surface area contributed by atoms with Crippen molar-refractivity contribution in [3.05, 3.63) is 0 Å². The molecule has 0 aromatic rings. The predicted molar refractivity (Wildman–Crippen MR) is 155 cm³/mol. The Bertz CT molecular complexity index is 434. The molecule has 6 nitrogen and oxygen atoms in total. The van der Waals surface area contributed by atoms with Crippen LogP contribution in [0.4, 0.5) is 0 Å². The topological polar surface area (TPSA) is 121 Å². The van der Waals surface area contributed by atoms with Gasteiger partial charge in [-0.15, -0.1) is 0 Å². The summed E-state index contributed by atoms with van der Waals surface area (Å²) < 4.78 is 0. The van der Waals surface area contributed by atoms with Gasteiger partial charge in [-0.3, -0.25) is 0 Å². The molecule has 0 aliphatic carbocycles. The van der Waals surface area contributed by atoms with E-state index in [9.17, 15) is 0 Å². The van der Waals surface area contributed by atoms with E-state index in [1.54, 1.807) is 22.5 Å². The van der Waals surface area contributed by atoms with Crippen LogP contribution in [0.1, 0.15) is 142 Å². The van der Waals surface area contributed by atoms with Gasteiger partial charge in [0.05, 0.1) is 0 Å². The molecule has 0 spiro atoms. The number of unbranched alkanes of at least 4 members (excludes halogenated alkanes) is 18. The molecule has 0 aromatic carbocycles. The quantitative estimate of drug-likeness (QED) is 0.0391. The average molecular weight is 663 g/mol. The van der Waals surface area contributed by atoms with Gasteiger partial charge in [-0.05, 0) is 23.6 Å². The smallest absolute Gasteiger partial charge is 0.325 e. The molecule has 6 N–H and O–H groups in total. The summed E-state index contributed by atoms with van der Waals surface area (Å²) in [5.41, 5.74) is 0. The van der Waals surface area contributed by atoms with E-state index in [1.807, 2.05) is 0 Å². The zero-order valence-electron chi connectivity index (χ0n) is 22.4. The van der Waals surface area contributed by atoms with Crippen LogP contribution in [0, 0.1) is 0 Å². The number of hydrogen-bond acceptors (Lipinski definition) is 2. The summed E-state index contributed by atoms with van der Waals surface area (Å²) in [6.07, 6.45) is 29.7. The fourth-order valence-corrected chi connectivity index (χ4v) is 5.99. The Morgan fingerprint density at radius 3 is 0.771 bits per heavy atom. The molecule has 0 amide bonds. The van der Waals surface area contributed by atoms with E-state index in [0.29, 0.717) is 18.6 Å². The predicted octanol–water partition coefficient (Wildman–Crippen LogP) is 8.12.